The minimum absolute atomic E-state index is 0.0952. The van der Waals surface area contributed by atoms with Gasteiger partial charge in [-0.1, -0.05) is 0 Å². The van der Waals surface area contributed by atoms with E-state index in [0.717, 1.165) is 79.1 Å². The molecule has 0 aliphatic carbocycles. The van der Waals surface area contributed by atoms with Crippen molar-refractivity contribution in [3.8, 4) is 11.5 Å². The van der Waals surface area contributed by atoms with Crippen LogP contribution in [0.15, 0.2) is 36.4 Å². The molecule has 3 fully saturated rings. The van der Waals surface area contributed by atoms with Gasteiger partial charge in [0.25, 0.3) is 5.91 Å². The Kier molecular flexibility index (Phi) is 4.22. The highest BCUT2D eigenvalue weighted by Crippen LogP contribution is 2.30. The van der Waals surface area contributed by atoms with Gasteiger partial charge >= 0.3 is 0 Å². The molecule has 2 aromatic carbocycles. The van der Waals surface area contributed by atoms with E-state index >= 15 is 0 Å². The minimum Gasteiger partial charge on any atom is -0.378 e. The molecular formula is C24H25N7O2. The summed E-state index contributed by atoms with van der Waals surface area (Å²) in [6.45, 7) is 4.96. The number of likely N-dealkylation sites (tertiary alicyclic amines) is 1. The molecule has 0 unspecified atom stereocenters. The molecule has 3 aliphatic heterocycles. The molecule has 2 atom stereocenters. The van der Waals surface area contributed by atoms with Gasteiger partial charge in [0.05, 0.1) is 29.8 Å². The van der Waals surface area contributed by atoms with Gasteiger partial charge in [0, 0.05) is 54.9 Å². The van der Waals surface area contributed by atoms with Crippen molar-refractivity contribution in [1.29, 1.82) is 0 Å². The fourth-order valence-corrected chi connectivity index (χ4v) is 5.43. The Morgan fingerprint density at radius 3 is 2.82 bits per heavy atom. The number of carbonyl (C=O) groups excluding carboxylic acids is 1. The number of nitrogens with one attached hydrogen (secondary N) is 3. The number of amides is 1. The van der Waals surface area contributed by atoms with Gasteiger partial charge in [0.15, 0.2) is 5.82 Å². The first-order valence-corrected chi connectivity index (χ1v) is 11.6. The smallest absolute Gasteiger partial charge is 0.254 e. The molecule has 1 amide bonds. The molecule has 5 heterocycles. The van der Waals surface area contributed by atoms with Crippen molar-refractivity contribution in [3.05, 3.63) is 42.0 Å². The summed E-state index contributed by atoms with van der Waals surface area (Å²) in [5, 5.41) is 12.0. The van der Waals surface area contributed by atoms with Crippen molar-refractivity contribution in [2.75, 3.05) is 44.3 Å². The molecule has 3 aliphatic rings. The molecule has 3 saturated heterocycles. The normalized spacial score (nSPS) is 22.7. The Morgan fingerprint density at radius 2 is 2.00 bits per heavy atom. The van der Waals surface area contributed by atoms with Crippen molar-refractivity contribution >= 4 is 33.5 Å². The van der Waals surface area contributed by atoms with Crippen molar-refractivity contribution < 1.29 is 9.53 Å². The lowest BCUT2D eigenvalue weighted by Crippen LogP contribution is -2.46. The van der Waals surface area contributed by atoms with Crippen LogP contribution in [0.25, 0.3) is 33.5 Å². The standard InChI is InChI=1S/C24H25N7O2/c32-24(31-13-15-10-17(31)12-25-15)14-1-3-19-18(9-14)22(29-28-19)23-26-20-4-2-16(11-21(20)27-23)30-5-7-33-8-6-30/h1-4,9,11,15,17,25H,5-8,10,12-13H2,(H,26,27)(H,28,29)/t15-,17-/m1/s1. The number of hydrogen-bond acceptors (Lipinski definition) is 6. The van der Waals surface area contributed by atoms with Gasteiger partial charge in [0.2, 0.25) is 0 Å². The fraction of sp³-hybridized carbons (Fsp3) is 0.375. The van der Waals surface area contributed by atoms with E-state index in [9.17, 15) is 4.79 Å². The minimum atomic E-state index is 0.0952. The summed E-state index contributed by atoms with van der Waals surface area (Å²) in [6.07, 6.45) is 1.05. The number of H-pyrrole nitrogens is 2. The van der Waals surface area contributed by atoms with Crippen molar-refractivity contribution in [3.63, 3.8) is 0 Å². The van der Waals surface area contributed by atoms with E-state index in [4.69, 9.17) is 9.72 Å². The number of ether oxygens (including phenoxy) is 1. The summed E-state index contributed by atoms with van der Waals surface area (Å²) in [7, 11) is 0. The maximum Gasteiger partial charge on any atom is 0.254 e. The summed E-state index contributed by atoms with van der Waals surface area (Å²) < 4.78 is 5.47. The molecule has 0 radical (unpaired) electrons. The summed E-state index contributed by atoms with van der Waals surface area (Å²) in [6, 6.07) is 12.8. The van der Waals surface area contributed by atoms with Crippen LogP contribution in [0.2, 0.25) is 0 Å². The molecule has 9 nitrogen and oxygen atoms in total. The number of hydrogen-bond donors (Lipinski definition) is 3. The molecule has 0 spiro atoms. The highest BCUT2D eigenvalue weighted by atomic mass is 16.5. The Morgan fingerprint density at radius 1 is 1.09 bits per heavy atom. The van der Waals surface area contributed by atoms with Gasteiger partial charge in [0.1, 0.15) is 5.69 Å². The van der Waals surface area contributed by atoms with Crippen molar-refractivity contribution in [2.24, 2.45) is 0 Å². The van der Waals surface area contributed by atoms with E-state index in [1.807, 2.05) is 29.2 Å². The fourth-order valence-electron chi connectivity index (χ4n) is 5.43. The van der Waals surface area contributed by atoms with Crippen LogP contribution < -0.4 is 10.2 Å². The second kappa shape index (κ2) is 7.29. The zero-order chi connectivity index (χ0) is 21.9. The van der Waals surface area contributed by atoms with Crippen molar-refractivity contribution in [2.45, 2.75) is 18.5 Å². The third-order valence-corrected chi connectivity index (χ3v) is 7.19. The third-order valence-electron chi connectivity index (χ3n) is 7.19. The lowest BCUT2D eigenvalue weighted by atomic mass is 10.1. The molecule has 7 rings (SSSR count). The summed E-state index contributed by atoms with van der Waals surface area (Å²) >= 11 is 0. The maximum absolute atomic E-state index is 13.2. The van der Waals surface area contributed by atoms with Gasteiger partial charge < -0.3 is 24.8 Å². The second-order valence-corrected chi connectivity index (χ2v) is 9.17. The maximum atomic E-state index is 13.2. The van der Waals surface area contributed by atoms with Gasteiger partial charge in [-0.15, -0.1) is 0 Å². The SMILES string of the molecule is O=C(c1ccc2[nH]nc(-c3nc4ccc(N5CCOCC5)cc4[nH]3)c2c1)N1C[C@H]2C[C@@H]1CN2. The van der Waals surface area contributed by atoms with Gasteiger partial charge in [-0.2, -0.15) is 5.10 Å². The van der Waals surface area contributed by atoms with Gasteiger partial charge in [-0.3, -0.25) is 9.89 Å². The van der Waals surface area contributed by atoms with Crippen LogP contribution in [-0.2, 0) is 4.74 Å². The molecular weight excluding hydrogens is 418 g/mol. The number of aromatic amines is 2. The van der Waals surface area contributed by atoms with Crippen LogP contribution in [0.5, 0.6) is 0 Å². The average molecular weight is 444 g/mol. The topological polar surface area (TPSA) is 102 Å². The number of benzene rings is 2. The number of imidazole rings is 1. The highest BCUT2D eigenvalue weighted by molar-refractivity contribution is 6.01. The number of nitrogens with zero attached hydrogens (tertiary/aromatic N) is 4. The Balaban J connectivity index is 1.23. The first kappa shape index (κ1) is 19.1. The predicted molar refractivity (Wildman–Crippen MR) is 125 cm³/mol. The predicted octanol–water partition coefficient (Wildman–Crippen LogP) is 2.13. The number of fused-ring (bicyclic) bond motifs is 4. The van der Waals surface area contributed by atoms with Crippen LogP contribution in [0, 0.1) is 0 Å². The van der Waals surface area contributed by atoms with Crippen LogP contribution in [0.1, 0.15) is 16.8 Å². The van der Waals surface area contributed by atoms with E-state index in [1.54, 1.807) is 0 Å². The van der Waals surface area contributed by atoms with Gasteiger partial charge in [-0.25, -0.2) is 4.98 Å². The lowest BCUT2D eigenvalue weighted by molar-refractivity contribution is 0.0716. The first-order valence-electron chi connectivity index (χ1n) is 11.6. The van der Waals surface area contributed by atoms with Crippen molar-refractivity contribution in [1.82, 2.24) is 30.4 Å². The number of carbonyl (C=O) groups is 1. The highest BCUT2D eigenvalue weighted by Gasteiger charge is 2.40. The molecule has 0 saturated carbocycles. The van der Waals surface area contributed by atoms with E-state index in [2.05, 4.69) is 37.5 Å². The number of rotatable bonds is 3. The summed E-state index contributed by atoms with van der Waals surface area (Å²) in [5.74, 6) is 0.794. The van der Waals surface area contributed by atoms with Crippen LogP contribution in [-0.4, -0.2) is 82.4 Å². The molecule has 4 aromatic rings. The van der Waals surface area contributed by atoms with E-state index in [0.29, 0.717) is 23.5 Å². The quantitative estimate of drug-likeness (QED) is 0.448. The molecule has 33 heavy (non-hydrogen) atoms. The number of morpholine rings is 1. The lowest BCUT2D eigenvalue weighted by Gasteiger charge is -2.28. The molecule has 2 aromatic heterocycles. The molecule has 2 bridgehead atoms. The Hall–Kier alpha value is -3.43. The first-order chi connectivity index (χ1) is 16.2. The number of piperazine rings is 1. The van der Waals surface area contributed by atoms with Gasteiger partial charge in [-0.05, 0) is 42.8 Å². The Bertz CT molecular complexity index is 1370. The number of anilines is 1. The molecule has 168 valence electrons. The van der Waals surface area contributed by atoms with Crippen LogP contribution in [0.3, 0.4) is 0 Å². The average Bonchev–Trinajstić information content (AvgIpc) is 3.65. The summed E-state index contributed by atoms with van der Waals surface area (Å²) in [5.41, 5.74) is 5.34. The summed E-state index contributed by atoms with van der Waals surface area (Å²) in [4.78, 5) is 25.8. The zero-order valence-electron chi connectivity index (χ0n) is 18.2. The van der Waals surface area contributed by atoms with E-state index in [1.165, 1.54) is 0 Å². The zero-order valence-corrected chi connectivity index (χ0v) is 18.2. The molecule has 3 N–H and O–H groups in total. The third kappa shape index (κ3) is 3.11. The monoisotopic (exact) mass is 443 g/mol. The van der Waals surface area contributed by atoms with E-state index in [-0.39, 0.29) is 5.91 Å². The largest absolute Gasteiger partial charge is 0.378 e. The Labute approximate surface area is 190 Å². The number of aromatic nitrogens is 4. The second-order valence-electron chi connectivity index (χ2n) is 9.17. The van der Waals surface area contributed by atoms with Crippen LogP contribution in [0.4, 0.5) is 5.69 Å². The van der Waals surface area contributed by atoms with Crippen LogP contribution >= 0.6 is 0 Å². The molecule has 9 heteroatoms. The van der Waals surface area contributed by atoms with E-state index < -0.39 is 0 Å².